The van der Waals surface area contributed by atoms with Gasteiger partial charge in [-0.15, -0.1) is 0 Å². The molecular weight excluding hydrogens is 513 g/mol. The van der Waals surface area contributed by atoms with Crippen LogP contribution in [-0.2, 0) is 14.6 Å². The van der Waals surface area contributed by atoms with Crippen molar-refractivity contribution in [2.75, 3.05) is 36.6 Å². The van der Waals surface area contributed by atoms with Gasteiger partial charge in [0.2, 0.25) is 11.6 Å². The summed E-state index contributed by atoms with van der Waals surface area (Å²) in [5.74, 6) is -0.983. The fraction of sp³-hybridized carbons (Fsp3) is 0.444. The molecule has 1 saturated heterocycles. The Labute approximate surface area is 189 Å². The number of sulfone groups is 1. The second-order valence-corrected chi connectivity index (χ2v) is 10.4. The van der Waals surface area contributed by atoms with Crippen molar-refractivity contribution in [2.45, 2.75) is 12.8 Å². The van der Waals surface area contributed by atoms with Gasteiger partial charge in [-0.25, -0.2) is 26.8 Å². The van der Waals surface area contributed by atoms with E-state index < -0.39 is 21.4 Å². The lowest BCUT2D eigenvalue weighted by Gasteiger charge is -2.09. The molecule has 1 aliphatic rings. The van der Waals surface area contributed by atoms with Gasteiger partial charge in [-0.1, -0.05) is 5.16 Å². The van der Waals surface area contributed by atoms with E-state index in [9.17, 15) is 17.6 Å². The van der Waals surface area contributed by atoms with Gasteiger partial charge in [0.25, 0.3) is 0 Å². The number of halogens is 2. The van der Waals surface area contributed by atoms with Crippen LogP contribution in [0.2, 0.25) is 0 Å². The van der Waals surface area contributed by atoms with Gasteiger partial charge in [-0.05, 0) is 63.2 Å². The summed E-state index contributed by atoms with van der Waals surface area (Å²) in [7, 11) is -3.20. The summed E-state index contributed by atoms with van der Waals surface area (Å²) >= 11 is 3.07. The highest BCUT2D eigenvalue weighted by atomic mass is 79.9. The summed E-state index contributed by atoms with van der Waals surface area (Å²) in [6, 6.07) is 3.95. The minimum absolute atomic E-state index is 0.00823. The van der Waals surface area contributed by atoms with E-state index in [4.69, 9.17) is 13.9 Å². The standard InChI is InChI=1S/C18H19BrFN5O6S/c19-13-8-12(2-3-14(13)20)25-17(24-30-18(25)26)15-16(23-31-22-15)21-5-1-7-32(27,28)10-11-4-6-29-9-11/h2-3,8,11H,1,4-7,9-10H2,(H,21,23). The van der Waals surface area contributed by atoms with Gasteiger partial charge in [-0.3, -0.25) is 4.52 Å². The molecule has 4 rings (SSSR count). The van der Waals surface area contributed by atoms with Crippen LogP contribution in [0.1, 0.15) is 12.8 Å². The number of nitrogens with one attached hydrogen (secondary N) is 1. The van der Waals surface area contributed by atoms with E-state index in [1.165, 1.54) is 18.2 Å². The molecule has 0 amide bonds. The van der Waals surface area contributed by atoms with Crippen LogP contribution in [-0.4, -0.2) is 59.7 Å². The lowest BCUT2D eigenvalue weighted by atomic mass is 10.2. The molecule has 14 heteroatoms. The van der Waals surface area contributed by atoms with Gasteiger partial charge >= 0.3 is 5.76 Å². The fourth-order valence-corrected chi connectivity index (χ4v) is 5.46. The first-order chi connectivity index (χ1) is 15.3. The number of nitrogens with zero attached hydrogens (tertiary/aromatic N) is 4. The molecule has 0 radical (unpaired) electrons. The molecule has 1 N–H and O–H groups in total. The second-order valence-electron chi connectivity index (χ2n) is 7.29. The van der Waals surface area contributed by atoms with Crippen LogP contribution in [0.3, 0.4) is 0 Å². The zero-order chi connectivity index (χ0) is 22.7. The second kappa shape index (κ2) is 9.50. The Hall–Kier alpha value is -2.58. The third-order valence-electron chi connectivity index (χ3n) is 4.90. The van der Waals surface area contributed by atoms with Gasteiger partial charge in [-0.2, -0.15) is 0 Å². The highest BCUT2D eigenvalue weighted by molar-refractivity contribution is 9.10. The average Bonchev–Trinajstić information content (AvgIpc) is 3.48. The van der Waals surface area contributed by atoms with Crippen molar-refractivity contribution in [1.29, 1.82) is 0 Å². The topological polar surface area (TPSA) is 142 Å². The van der Waals surface area contributed by atoms with Crippen molar-refractivity contribution in [1.82, 2.24) is 20.0 Å². The maximum absolute atomic E-state index is 13.6. The van der Waals surface area contributed by atoms with Gasteiger partial charge in [0.05, 0.1) is 28.3 Å². The summed E-state index contributed by atoms with van der Waals surface area (Å²) in [5.41, 5.74) is 0.373. The SMILES string of the molecule is O=c1onc(-c2nonc2NCCCS(=O)(=O)CC2CCOC2)n1-c1ccc(F)c(Br)c1. The molecule has 0 saturated carbocycles. The van der Waals surface area contributed by atoms with E-state index in [0.717, 1.165) is 11.0 Å². The minimum Gasteiger partial charge on any atom is -0.381 e. The summed E-state index contributed by atoms with van der Waals surface area (Å²) in [4.78, 5) is 12.2. The molecular formula is C18H19BrFN5O6S. The van der Waals surface area contributed by atoms with Crippen LogP contribution >= 0.6 is 15.9 Å². The largest absolute Gasteiger partial charge is 0.446 e. The highest BCUT2D eigenvalue weighted by Crippen LogP contribution is 2.26. The van der Waals surface area contributed by atoms with Gasteiger partial charge in [0.1, 0.15) is 5.82 Å². The van der Waals surface area contributed by atoms with E-state index >= 15 is 0 Å². The molecule has 3 heterocycles. The maximum Gasteiger partial charge on any atom is 0.446 e. The lowest BCUT2D eigenvalue weighted by molar-refractivity contribution is 0.188. The van der Waals surface area contributed by atoms with Crippen molar-refractivity contribution in [3.8, 4) is 17.2 Å². The van der Waals surface area contributed by atoms with Crippen molar-refractivity contribution in [3.05, 3.63) is 39.0 Å². The molecule has 1 aromatic carbocycles. The number of ether oxygens (including phenoxy) is 1. The molecule has 1 fully saturated rings. The minimum atomic E-state index is -3.20. The molecule has 0 aliphatic carbocycles. The van der Waals surface area contributed by atoms with Gasteiger partial charge in [0.15, 0.2) is 15.5 Å². The summed E-state index contributed by atoms with van der Waals surface area (Å²) in [6.07, 6.45) is 1.09. The number of anilines is 1. The van der Waals surface area contributed by atoms with E-state index in [0.29, 0.717) is 19.6 Å². The number of hydrogen-bond donors (Lipinski definition) is 1. The Kier molecular flexibility index (Phi) is 6.71. The molecule has 32 heavy (non-hydrogen) atoms. The molecule has 1 atom stereocenters. The zero-order valence-corrected chi connectivity index (χ0v) is 19.1. The van der Waals surface area contributed by atoms with Crippen molar-refractivity contribution in [3.63, 3.8) is 0 Å². The predicted octanol–water partition coefficient (Wildman–Crippen LogP) is 2.03. The molecule has 2 aromatic heterocycles. The molecule has 3 aromatic rings. The number of aromatic nitrogens is 4. The first-order valence-electron chi connectivity index (χ1n) is 9.73. The Morgan fingerprint density at radius 3 is 2.88 bits per heavy atom. The van der Waals surface area contributed by atoms with Crippen LogP contribution in [0, 0.1) is 11.7 Å². The average molecular weight is 532 g/mol. The summed E-state index contributed by atoms with van der Waals surface area (Å²) < 4.78 is 54.1. The Morgan fingerprint density at radius 1 is 1.28 bits per heavy atom. The maximum atomic E-state index is 13.6. The molecule has 11 nitrogen and oxygen atoms in total. The van der Waals surface area contributed by atoms with E-state index in [1.54, 1.807) is 0 Å². The third-order valence-corrected chi connectivity index (χ3v) is 7.40. The van der Waals surface area contributed by atoms with Crippen LogP contribution in [0.4, 0.5) is 10.2 Å². The fourth-order valence-electron chi connectivity index (χ4n) is 3.36. The van der Waals surface area contributed by atoms with Crippen LogP contribution < -0.4 is 11.1 Å². The van der Waals surface area contributed by atoms with Crippen LogP contribution in [0.5, 0.6) is 0 Å². The van der Waals surface area contributed by atoms with E-state index in [2.05, 4.69) is 36.7 Å². The highest BCUT2D eigenvalue weighted by Gasteiger charge is 2.24. The Morgan fingerprint density at radius 2 is 2.12 bits per heavy atom. The smallest absolute Gasteiger partial charge is 0.381 e. The molecule has 172 valence electrons. The van der Waals surface area contributed by atoms with Crippen molar-refractivity contribution < 1.29 is 26.7 Å². The Bertz CT molecular complexity index is 1250. The van der Waals surface area contributed by atoms with Crippen molar-refractivity contribution >= 4 is 31.6 Å². The van der Waals surface area contributed by atoms with Crippen LogP contribution in [0.15, 0.2) is 36.6 Å². The lowest BCUT2D eigenvalue weighted by Crippen LogP contribution is -2.20. The van der Waals surface area contributed by atoms with Gasteiger partial charge < -0.3 is 10.1 Å². The van der Waals surface area contributed by atoms with Crippen molar-refractivity contribution in [2.24, 2.45) is 5.92 Å². The predicted molar refractivity (Wildman–Crippen MR) is 114 cm³/mol. The summed E-state index contributed by atoms with van der Waals surface area (Å²) in [6.45, 7) is 1.35. The molecule has 0 bridgehead atoms. The molecule has 1 unspecified atom stereocenters. The number of hydrogen-bond acceptors (Lipinski definition) is 10. The summed E-state index contributed by atoms with van der Waals surface area (Å²) in [5, 5.41) is 14.2. The zero-order valence-electron chi connectivity index (χ0n) is 16.7. The van der Waals surface area contributed by atoms with Gasteiger partial charge in [0, 0.05) is 13.2 Å². The number of benzene rings is 1. The first-order valence-corrected chi connectivity index (χ1v) is 12.3. The quantitative estimate of drug-likeness (QED) is 0.407. The monoisotopic (exact) mass is 531 g/mol. The van der Waals surface area contributed by atoms with E-state index in [1.807, 2.05) is 0 Å². The molecule has 1 aliphatic heterocycles. The normalized spacial score (nSPS) is 16.5. The number of rotatable bonds is 9. The van der Waals surface area contributed by atoms with E-state index in [-0.39, 0.29) is 51.5 Å². The third kappa shape index (κ3) is 5.07. The first kappa shape index (κ1) is 22.6. The Balaban J connectivity index is 1.44. The van der Waals surface area contributed by atoms with Crippen LogP contribution in [0.25, 0.3) is 17.2 Å². The molecule has 0 spiro atoms.